The number of carbonyl (C=O) groups excluding carboxylic acids is 1. The molecule has 4 aromatic rings. The van der Waals surface area contributed by atoms with Crippen molar-refractivity contribution < 1.29 is 4.79 Å². The van der Waals surface area contributed by atoms with Crippen molar-refractivity contribution in [3.8, 4) is 0 Å². The van der Waals surface area contributed by atoms with E-state index >= 15 is 0 Å². The molecule has 0 unspecified atom stereocenters. The summed E-state index contributed by atoms with van der Waals surface area (Å²) in [6.07, 6.45) is 2.51. The van der Waals surface area contributed by atoms with Crippen LogP contribution in [0.15, 0.2) is 53.1 Å². The van der Waals surface area contributed by atoms with Gasteiger partial charge in [0.05, 0.1) is 5.25 Å². The number of aromatic nitrogens is 4. The minimum atomic E-state index is -0.260. The zero-order chi connectivity index (χ0) is 17.2. The molecule has 0 spiro atoms. The van der Waals surface area contributed by atoms with E-state index in [4.69, 9.17) is 0 Å². The molecule has 3 heterocycles. The third-order valence-corrected chi connectivity index (χ3v) is 5.78. The molecule has 1 atom stereocenters. The van der Waals surface area contributed by atoms with Gasteiger partial charge in [-0.15, -0.1) is 16.4 Å². The first-order chi connectivity index (χ1) is 12.2. The summed E-state index contributed by atoms with van der Waals surface area (Å²) in [5.41, 5.74) is 1.68. The van der Waals surface area contributed by atoms with E-state index in [9.17, 15) is 4.79 Å². The number of aromatic amines is 2. The Labute approximate surface area is 152 Å². The molecule has 3 aromatic heterocycles. The molecular weight excluding hydrogens is 352 g/mol. The lowest BCUT2D eigenvalue weighted by molar-refractivity contribution is 0.0995. The summed E-state index contributed by atoms with van der Waals surface area (Å²) in [5, 5.41) is 10.5. The van der Waals surface area contributed by atoms with Crippen molar-refractivity contribution >= 4 is 39.8 Å². The first-order valence-electron chi connectivity index (χ1n) is 7.91. The van der Waals surface area contributed by atoms with Crippen molar-refractivity contribution in [1.29, 1.82) is 0 Å². The molecule has 0 radical (unpaired) electrons. The summed E-state index contributed by atoms with van der Waals surface area (Å²) in [5.74, 6) is 0.892. The number of thioether (sulfide) groups is 1. The van der Waals surface area contributed by atoms with Crippen LogP contribution in [0.1, 0.15) is 28.0 Å². The van der Waals surface area contributed by atoms with E-state index in [1.807, 2.05) is 42.6 Å². The molecule has 2 N–H and O–H groups in total. The molecule has 0 saturated carbocycles. The van der Waals surface area contributed by atoms with Crippen LogP contribution in [0.3, 0.4) is 0 Å². The largest absolute Gasteiger partial charge is 0.360 e. The zero-order valence-corrected chi connectivity index (χ0v) is 15.2. The summed E-state index contributed by atoms with van der Waals surface area (Å²) < 4.78 is 0. The second-order valence-electron chi connectivity index (χ2n) is 5.69. The van der Waals surface area contributed by atoms with Gasteiger partial charge in [0.15, 0.2) is 5.78 Å². The highest BCUT2D eigenvalue weighted by molar-refractivity contribution is 8.00. The number of para-hydroxylation sites is 1. The molecular formula is C18H16N4OS2. The van der Waals surface area contributed by atoms with Gasteiger partial charge in [0, 0.05) is 34.0 Å². The Morgan fingerprint density at radius 1 is 1.28 bits per heavy atom. The third kappa shape index (κ3) is 3.38. The van der Waals surface area contributed by atoms with Crippen molar-refractivity contribution in [3.05, 3.63) is 64.2 Å². The number of ketones is 1. The molecule has 0 saturated heterocycles. The Morgan fingerprint density at radius 3 is 3.00 bits per heavy atom. The Bertz CT molecular complexity index is 1000. The van der Waals surface area contributed by atoms with Gasteiger partial charge in [-0.25, -0.2) is 4.98 Å². The summed E-state index contributed by atoms with van der Waals surface area (Å²) in [6, 6.07) is 11.9. The van der Waals surface area contributed by atoms with Gasteiger partial charge in [-0.3, -0.25) is 9.89 Å². The number of benzene rings is 1. The molecule has 0 aliphatic rings. The molecule has 0 aliphatic carbocycles. The van der Waals surface area contributed by atoms with Crippen LogP contribution in [-0.4, -0.2) is 31.2 Å². The smallest absolute Gasteiger partial charge is 0.209 e. The highest BCUT2D eigenvalue weighted by Crippen LogP contribution is 2.26. The van der Waals surface area contributed by atoms with E-state index in [1.54, 1.807) is 17.5 Å². The van der Waals surface area contributed by atoms with Crippen molar-refractivity contribution in [2.45, 2.75) is 23.8 Å². The second-order valence-corrected chi connectivity index (χ2v) is 8.03. The number of thiophene rings is 1. The van der Waals surface area contributed by atoms with Gasteiger partial charge in [0.1, 0.15) is 5.82 Å². The van der Waals surface area contributed by atoms with Gasteiger partial charge in [-0.05, 0) is 24.4 Å². The third-order valence-electron chi connectivity index (χ3n) is 3.94. The predicted octanol–water partition coefficient (Wildman–Crippen LogP) is 4.30. The molecule has 4 rings (SSSR count). The van der Waals surface area contributed by atoms with E-state index in [1.165, 1.54) is 16.6 Å². The monoisotopic (exact) mass is 368 g/mol. The summed E-state index contributed by atoms with van der Waals surface area (Å²) in [6.45, 7) is 1.89. The Kier molecular flexibility index (Phi) is 4.42. The quantitative estimate of drug-likeness (QED) is 0.393. The Morgan fingerprint density at radius 2 is 2.16 bits per heavy atom. The topological polar surface area (TPSA) is 74.4 Å². The van der Waals surface area contributed by atoms with Crippen LogP contribution in [0.5, 0.6) is 0 Å². The van der Waals surface area contributed by atoms with Crippen LogP contribution in [0.4, 0.5) is 0 Å². The van der Waals surface area contributed by atoms with Crippen LogP contribution in [0.25, 0.3) is 10.9 Å². The van der Waals surface area contributed by atoms with Crippen LogP contribution < -0.4 is 0 Å². The maximum Gasteiger partial charge on any atom is 0.209 e. The highest BCUT2D eigenvalue weighted by Gasteiger charge is 2.21. The number of nitrogens with zero attached hydrogens (tertiary/aromatic N) is 2. The van der Waals surface area contributed by atoms with Crippen LogP contribution in [0.2, 0.25) is 0 Å². The van der Waals surface area contributed by atoms with E-state index < -0.39 is 0 Å². The maximum absolute atomic E-state index is 12.8. The minimum absolute atomic E-state index is 0.0760. The van der Waals surface area contributed by atoms with Crippen LogP contribution in [0, 0.1) is 0 Å². The molecule has 0 bridgehead atoms. The van der Waals surface area contributed by atoms with Crippen molar-refractivity contribution in [3.63, 3.8) is 0 Å². The first kappa shape index (κ1) is 16.1. The average molecular weight is 368 g/mol. The van der Waals surface area contributed by atoms with Crippen LogP contribution in [-0.2, 0) is 6.42 Å². The number of hydrogen-bond acceptors (Lipinski definition) is 5. The van der Waals surface area contributed by atoms with Gasteiger partial charge in [-0.2, -0.15) is 0 Å². The lowest BCUT2D eigenvalue weighted by atomic mass is 10.1. The molecule has 0 amide bonds. The molecule has 7 heteroatoms. The van der Waals surface area contributed by atoms with Gasteiger partial charge >= 0.3 is 0 Å². The van der Waals surface area contributed by atoms with E-state index in [0.29, 0.717) is 10.7 Å². The SMILES string of the molecule is C[C@H](Sc1n[nH]c(Cc2cccs2)n1)C(=O)c1c[nH]c2ccccc12. The molecule has 0 aliphatic heterocycles. The Balaban J connectivity index is 1.47. The number of nitrogens with one attached hydrogen (secondary N) is 2. The van der Waals surface area contributed by atoms with Gasteiger partial charge in [0.25, 0.3) is 0 Å². The van der Waals surface area contributed by atoms with Gasteiger partial charge in [0.2, 0.25) is 5.16 Å². The fourth-order valence-electron chi connectivity index (χ4n) is 2.69. The highest BCUT2D eigenvalue weighted by atomic mass is 32.2. The zero-order valence-electron chi connectivity index (χ0n) is 13.5. The molecule has 5 nitrogen and oxygen atoms in total. The molecule has 25 heavy (non-hydrogen) atoms. The number of H-pyrrole nitrogens is 2. The standard InChI is InChI=1S/C18H16N4OS2/c1-11(17(23)14-10-19-15-7-3-2-6-13(14)15)25-18-20-16(21-22-18)9-12-5-4-8-24-12/h2-8,10-11,19H,9H2,1H3,(H,20,21,22)/t11-/m0/s1. The normalized spacial score (nSPS) is 12.5. The molecule has 126 valence electrons. The first-order valence-corrected chi connectivity index (χ1v) is 9.67. The summed E-state index contributed by atoms with van der Waals surface area (Å²) in [4.78, 5) is 21.7. The van der Waals surface area contributed by atoms with Crippen molar-refractivity contribution in [2.75, 3.05) is 0 Å². The fraction of sp³-hybridized carbons (Fsp3) is 0.167. The molecule has 1 aromatic carbocycles. The Hall–Kier alpha value is -2.38. The van der Waals surface area contributed by atoms with Gasteiger partial charge in [-0.1, -0.05) is 36.0 Å². The number of carbonyl (C=O) groups is 1. The fourth-order valence-corrected chi connectivity index (χ4v) is 4.21. The van der Waals surface area contributed by atoms with E-state index in [2.05, 4.69) is 26.2 Å². The number of fused-ring (bicyclic) bond motifs is 1. The number of Topliss-reactive ketones (excluding diaryl/α,β-unsaturated/α-hetero) is 1. The van der Waals surface area contributed by atoms with E-state index in [0.717, 1.165) is 23.1 Å². The number of rotatable bonds is 6. The average Bonchev–Trinajstić information content (AvgIpc) is 3.35. The predicted molar refractivity (Wildman–Crippen MR) is 101 cm³/mol. The second kappa shape index (κ2) is 6.85. The van der Waals surface area contributed by atoms with E-state index in [-0.39, 0.29) is 11.0 Å². The summed E-state index contributed by atoms with van der Waals surface area (Å²) in [7, 11) is 0. The van der Waals surface area contributed by atoms with Crippen LogP contribution >= 0.6 is 23.1 Å². The minimum Gasteiger partial charge on any atom is -0.360 e. The lowest BCUT2D eigenvalue weighted by Crippen LogP contribution is -2.13. The molecule has 0 fully saturated rings. The summed E-state index contributed by atoms with van der Waals surface area (Å²) >= 11 is 3.07. The van der Waals surface area contributed by atoms with Gasteiger partial charge < -0.3 is 4.98 Å². The number of hydrogen-bond donors (Lipinski definition) is 2. The maximum atomic E-state index is 12.8. The van der Waals surface area contributed by atoms with Crippen molar-refractivity contribution in [1.82, 2.24) is 20.2 Å². The lowest BCUT2D eigenvalue weighted by Gasteiger charge is -2.06. The van der Waals surface area contributed by atoms with Crippen molar-refractivity contribution in [2.24, 2.45) is 0 Å².